The standard InChI is InChI=1S/C23H20N2O2.C2H4O2.Mn/c26-22-16-6-3-7-17-9-5-11-19(23(17)27)15-25-21-13-2-1-12-20(21)24-14-18(22)10-4-8-16;1-2(3)4;/h1-2,4-5,8-15,26-27H,3,6-7H2;1H3,(H,3,4);. The number of hydrogen-bond acceptors (Lipinski definition) is 5. The van der Waals surface area contributed by atoms with Crippen molar-refractivity contribution >= 4 is 29.8 Å². The molecule has 0 amide bonds. The van der Waals surface area contributed by atoms with Crippen molar-refractivity contribution in [2.75, 3.05) is 0 Å². The van der Waals surface area contributed by atoms with Crippen LogP contribution in [0.1, 0.15) is 35.6 Å². The zero-order valence-electron chi connectivity index (χ0n) is 17.6. The van der Waals surface area contributed by atoms with Crippen LogP contribution in [0.4, 0.5) is 11.4 Å². The molecule has 3 N–H and O–H groups in total. The van der Waals surface area contributed by atoms with Gasteiger partial charge >= 0.3 is 0 Å². The van der Waals surface area contributed by atoms with E-state index in [1.807, 2.05) is 60.7 Å². The largest absolute Gasteiger partial charge is 0.507 e. The molecule has 165 valence electrons. The Labute approximate surface area is 197 Å². The Balaban J connectivity index is 0.000000672. The molecule has 0 aliphatic carbocycles. The molecule has 0 unspecified atom stereocenters. The van der Waals surface area contributed by atoms with Crippen LogP contribution in [0.15, 0.2) is 70.6 Å². The summed E-state index contributed by atoms with van der Waals surface area (Å²) < 4.78 is 0. The van der Waals surface area contributed by atoms with E-state index in [4.69, 9.17) is 9.90 Å². The minimum atomic E-state index is -0.833. The number of phenolic OH excluding ortho intramolecular Hbond substituents is 2. The van der Waals surface area contributed by atoms with Crippen molar-refractivity contribution < 1.29 is 37.2 Å². The Hall–Kier alpha value is -3.41. The number of aryl methyl sites for hydroxylation is 2. The quantitative estimate of drug-likeness (QED) is 0.394. The first kappa shape index (κ1) is 24.9. The van der Waals surface area contributed by atoms with Crippen molar-refractivity contribution in [3.8, 4) is 11.5 Å². The van der Waals surface area contributed by atoms with Gasteiger partial charge in [-0.3, -0.25) is 14.8 Å². The molecule has 1 aliphatic rings. The van der Waals surface area contributed by atoms with Gasteiger partial charge in [-0.2, -0.15) is 0 Å². The van der Waals surface area contributed by atoms with Crippen LogP contribution in [0, 0.1) is 0 Å². The van der Waals surface area contributed by atoms with Crippen molar-refractivity contribution in [2.24, 2.45) is 9.98 Å². The summed E-state index contributed by atoms with van der Waals surface area (Å²) in [6.45, 7) is 1.08. The summed E-state index contributed by atoms with van der Waals surface area (Å²) in [7, 11) is 0. The third-order valence-electron chi connectivity index (χ3n) is 4.76. The normalized spacial score (nSPS) is 12.2. The molecule has 3 aromatic rings. The molecule has 6 nitrogen and oxygen atoms in total. The number of carboxylic acids is 1. The van der Waals surface area contributed by atoms with Crippen molar-refractivity contribution in [1.82, 2.24) is 0 Å². The summed E-state index contributed by atoms with van der Waals surface area (Å²) in [6.07, 6.45) is 5.61. The fourth-order valence-corrected chi connectivity index (χ4v) is 3.26. The van der Waals surface area contributed by atoms with Gasteiger partial charge in [-0.1, -0.05) is 36.4 Å². The van der Waals surface area contributed by atoms with Gasteiger partial charge in [0.25, 0.3) is 5.97 Å². The van der Waals surface area contributed by atoms with Gasteiger partial charge in [0.05, 0.1) is 11.4 Å². The zero-order chi connectivity index (χ0) is 22.2. The molecule has 0 fully saturated rings. The Morgan fingerprint density at radius 2 is 1.16 bits per heavy atom. The van der Waals surface area contributed by atoms with Crippen LogP contribution in [-0.4, -0.2) is 33.7 Å². The van der Waals surface area contributed by atoms with Crippen molar-refractivity contribution in [3.05, 3.63) is 82.9 Å². The molecule has 0 saturated heterocycles. The summed E-state index contributed by atoms with van der Waals surface area (Å²) in [5, 5.41) is 28.6. The van der Waals surface area contributed by atoms with Crippen LogP contribution in [0.25, 0.3) is 0 Å². The number of carbonyl (C=O) groups is 1. The third-order valence-corrected chi connectivity index (χ3v) is 4.76. The van der Waals surface area contributed by atoms with Crippen LogP contribution in [0.2, 0.25) is 0 Å². The number of hydrogen-bond donors (Lipinski definition) is 3. The maximum absolute atomic E-state index is 10.6. The van der Waals surface area contributed by atoms with Gasteiger partial charge in [0.2, 0.25) is 0 Å². The Morgan fingerprint density at radius 1 is 0.750 bits per heavy atom. The zero-order valence-corrected chi connectivity index (χ0v) is 18.8. The fourth-order valence-electron chi connectivity index (χ4n) is 3.26. The maximum atomic E-state index is 10.6. The number of aliphatic imine (C=N–C) groups is 2. The Kier molecular flexibility index (Phi) is 9.20. The monoisotopic (exact) mass is 471 g/mol. The predicted octanol–water partition coefficient (Wildman–Crippen LogP) is 5.18. The van der Waals surface area contributed by atoms with Gasteiger partial charge in [0.1, 0.15) is 11.5 Å². The second kappa shape index (κ2) is 11.8. The number of carboxylic acid groups (broad SMARTS) is 1. The van der Waals surface area contributed by atoms with E-state index in [-0.39, 0.29) is 28.6 Å². The number of aromatic hydroxyl groups is 2. The van der Waals surface area contributed by atoms with Crippen LogP contribution < -0.4 is 0 Å². The van der Waals surface area contributed by atoms with E-state index in [9.17, 15) is 10.2 Å². The molecule has 3 aromatic carbocycles. The van der Waals surface area contributed by atoms with Crippen LogP contribution >= 0.6 is 0 Å². The molecular formula is C25H24MnN2O4. The fraction of sp³-hybridized carbons (Fsp3) is 0.160. The molecule has 4 bridgehead atoms. The van der Waals surface area contributed by atoms with Crippen molar-refractivity contribution in [3.63, 3.8) is 0 Å². The average Bonchev–Trinajstić information content (AvgIpc) is 2.74. The van der Waals surface area contributed by atoms with Crippen LogP contribution in [0.3, 0.4) is 0 Å². The van der Waals surface area contributed by atoms with Gasteiger partial charge in [-0.05, 0) is 54.7 Å². The molecule has 0 aromatic heterocycles. The molecule has 4 rings (SSSR count). The molecule has 1 radical (unpaired) electrons. The van der Waals surface area contributed by atoms with E-state index in [0.29, 0.717) is 22.5 Å². The van der Waals surface area contributed by atoms with E-state index in [1.165, 1.54) is 0 Å². The molecule has 0 spiro atoms. The number of aliphatic carboxylic acids is 1. The number of fused-ring (bicyclic) bond motifs is 5. The van der Waals surface area contributed by atoms with E-state index >= 15 is 0 Å². The molecule has 7 heteroatoms. The maximum Gasteiger partial charge on any atom is 0.300 e. The summed E-state index contributed by atoms with van der Waals surface area (Å²) in [4.78, 5) is 18.0. The molecular weight excluding hydrogens is 447 g/mol. The minimum Gasteiger partial charge on any atom is -0.507 e. The van der Waals surface area contributed by atoms with E-state index in [2.05, 4.69) is 9.98 Å². The Bertz CT molecular complexity index is 1060. The van der Waals surface area contributed by atoms with E-state index in [1.54, 1.807) is 12.4 Å². The van der Waals surface area contributed by atoms with Crippen molar-refractivity contribution in [2.45, 2.75) is 26.2 Å². The SMILES string of the molecule is CC(=O)O.Oc1c2cccc1CCCc1cccc(c1O)C=Nc1ccccc1N=C2.[Mn]. The second-order valence-corrected chi connectivity index (χ2v) is 7.09. The third kappa shape index (κ3) is 6.54. The predicted molar refractivity (Wildman–Crippen MR) is 122 cm³/mol. The van der Waals surface area contributed by atoms with Gasteiger partial charge in [0, 0.05) is 47.5 Å². The minimum absolute atomic E-state index is 0. The molecule has 0 atom stereocenters. The van der Waals surface area contributed by atoms with E-state index in [0.717, 1.165) is 37.3 Å². The van der Waals surface area contributed by atoms with Gasteiger partial charge in [-0.25, -0.2) is 0 Å². The van der Waals surface area contributed by atoms with E-state index < -0.39 is 5.97 Å². The smallest absolute Gasteiger partial charge is 0.300 e. The number of rotatable bonds is 0. The first-order valence-electron chi connectivity index (χ1n) is 9.94. The van der Waals surface area contributed by atoms with Crippen LogP contribution in [0.5, 0.6) is 11.5 Å². The number of phenols is 2. The summed E-state index contributed by atoms with van der Waals surface area (Å²) in [6, 6.07) is 18.9. The summed E-state index contributed by atoms with van der Waals surface area (Å²) in [5.41, 5.74) is 4.53. The second-order valence-electron chi connectivity index (χ2n) is 7.09. The molecule has 32 heavy (non-hydrogen) atoms. The van der Waals surface area contributed by atoms with Gasteiger partial charge in [0.15, 0.2) is 0 Å². The molecule has 0 saturated carbocycles. The summed E-state index contributed by atoms with van der Waals surface area (Å²) >= 11 is 0. The number of para-hydroxylation sites is 4. The number of nitrogens with zero attached hydrogens (tertiary/aromatic N) is 2. The topological polar surface area (TPSA) is 102 Å². The first-order valence-corrected chi connectivity index (χ1v) is 9.94. The Morgan fingerprint density at radius 3 is 1.56 bits per heavy atom. The van der Waals surface area contributed by atoms with Crippen molar-refractivity contribution in [1.29, 1.82) is 0 Å². The van der Waals surface area contributed by atoms with Gasteiger partial charge in [-0.15, -0.1) is 0 Å². The average molecular weight is 471 g/mol. The molecule has 1 heterocycles. The van der Waals surface area contributed by atoms with Crippen LogP contribution in [-0.2, 0) is 34.7 Å². The van der Waals surface area contributed by atoms with Gasteiger partial charge < -0.3 is 15.3 Å². The summed E-state index contributed by atoms with van der Waals surface area (Å²) in [5.74, 6) is -0.315. The molecule has 1 aliphatic heterocycles. The first-order chi connectivity index (χ1) is 15.0. The number of benzene rings is 3.